The summed E-state index contributed by atoms with van der Waals surface area (Å²) in [4.78, 5) is 9.48. The van der Waals surface area contributed by atoms with E-state index >= 15 is 0 Å². The summed E-state index contributed by atoms with van der Waals surface area (Å²) < 4.78 is 0.822. The van der Waals surface area contributed by atoms with Gasteiger partial charge in [-0.3, -0.25) is 0 Å². The van der Waals surface area contributed by atoms with Crippen molar-refractivity contribution < 1.29 is 0 Å². The third-order valence-corrected chi connectivity index (χ3v) is 3.05. The van der Waals surface area contributed by atoms with Crippen molar-refractivity contribution in [1.29, 1.82) is 0 Å². The molecule has 2 nitrogen and oxygen atoms in total. The molecule has 0 aliphatic carbocycles. The Bertz CT molecular complexity index is 425. The quantitative estimate of drug-likeness (QED) is 0.731. The van der Waals surface area contributed by atoms with E-state index < -0.39 is 0 Å². The smallest absolute Gasteiger partial charge is 0.117 e. The highest BCUT2D eigenvalue weighted by Gasteiger charge is 2.04. The lowest BCUT2D eigenvalue weighted by Crippen LogP contribution is -1.84. The van der Waals surface area contributed by atoms with E-state index in [2.05, 4.69) is 44.3 Å². The van der Waals surface area contributed by atoms with E-state index in [1.807, 2.05) is 6.07 Å². The number of rotatable bonds is 1. The molecule has 0 aliphatic heterocycles. The Balaban J connectivity index is 2.53. The highest BCUT2D eigenvalue weighted by atomic mass is 79.9. The Hall–Kier alpha value is -0.740. The SMILES string of the molecule is Cc1sccc1-c1cc(Br)ncn1. The van der Waals surface area contributed by atoms with Crippen LogP contribution in [0, 0.1) is 6.92 Å². The van der Waals surface area contributed by atoms with Gasteiger partial charge in [-0.2, -0.15) is 0 Å². The fourth-order valence-corrected chi connectivity index (χ4v) is 2.15. The Kier molecular flexibility index (Phi) is 2.42. The van der Waals surface area contributed by atoms with E-state index in [1.54, 1.807) is 17.7 Å². The average molecular weight is 255 g/mol. The molecule has 0 aliphatic rings. The zero-order valence-electron chi connectivity index (χ0n) is 6.99. The Morgan fingerprint density at radius 3 is 2.85 bits per heavy atom. The van der Waals surface area contributed by atoms with E-state index in [0.717, 1.165) is 10.3 Å². The van der Waals surface area contributed by atoms with Gasteiger partial charge < -0.3 is 0 Å². The van der Waals surface area contributed by atoms with E-state index in [1.165, 1.54) is 10.4 Å². The zero-order valence-corrected chi connectivity index (χ0v) is 9.39. The molecule has 0 fully saturated rings. The van der Waals surface area contributed by atoms with Gasteiger partial charge in [-0.15, -0.1) is 11.3 Å². The van der Waals surface area contributed by atoms with Crippen LogP contribution >= 0.6 is 27.3 Å². The number of aryl methyl sites for hydroxylation is 1. The first-order valence-electron chi connectivity index (χ1n) is 3.79. The van der Waals surface area contributed by atoms with E-state index in [0.29, 0.717) is 0 Å². The predicted molar refractivity (Wildman–Crippen MR) is 57.8 cm³/mol. The summed E-state index contributed by atoms with van der Waals surface area (Å²) in [6.07, 6.45) is 1.57. The molecule has 0 N–H and O–H groups in total. The maximum absolute atomic E-state index is 4.21. The summed E-state index contributed by atoms with van der Waals surface area (Å²) in [5.41, 5.74) is 2.16. The van der Waals surface area contributed by atoms with Gasteiger partial charge in [0.15, 0.2) is 0 Å². The lowest BCUT2D eigenvalue weighted by Gasteiger charge is -1.98. The van der Waals surface area contributed by atoms with Crippen molar-refractivity contribution in [3.8, 4) is 11.3 Å². The molecule has 0 spiro atoms. The fourth-order valence-electron chi connectivity index (χ4n) is 1.13. The van der Waals surface area contributed by atoms with Gasteiger partial charge in [0.05, 0.1) is 5.69 Å². The molecule has 2 aromatic rings. The van der Waals surface area contributed by atoms with Crippen LogP contribution < -0.4 is 0 Å². The second kappa shape index (κ2) is 3.55. The molecule has 0 unspecified atom stereocenters. The number of hydrogen-bond donors (Lipinski definition) is 0. The van der Waals surface area contributed by atoms with Gasteiger partial charge in [0.2, 0.25) is 0 Å². The van der Waals surface area contributed by atoms with Crippen molar-refractivity contribution in [1.82, 2.24) is 9.97 Å². The molecule has 66 valence electrons. The highest BCUT2D eigenvalue weighted by Crippen LogP contribution is 2.26. The predicted octanol–water partition coefficient (Wildman–Crippen LogP) is 3.28. The van der Waals surface area contributed by atoms with Crippen LogP contribution in [-0.2, 0) is 0 Å². The summed E-state index contributed by atoms with van der Waals surface area (Å²) in [6, 6.07) is 4.00. The molecule has 2 rings (SSSR count). The average Bonchev–Trinajstić information content (AvgIpc) is 2.51. The summed E-state index contributed by atoms with van der Waals surface area (Å²) >= 11 is 5.05. The normalized spacial score (nSPS) is 10.3. The van der Waals surface area contributed by atoms with Gasteiger partial charge in [0.1, 0.15) is 10.9 Å². The Morgan fingerprint density at radius 2 is 2.23 bits per heavy atom. The summed E-state index contributed by atoms with van der Waals surface area (Å²) in [7, 11) is 0. The van der Waals surface area contributed by atoms with Crippen LogP contribution in [0.4, 0.5) is 0 Å². The molecule has 13 heavy (non-hydrogen) atoms. The second-order valence-electron chi connectivity index (χ2n) is 2.62. The summed E-state index contributed by atoms with van der Waals surface area (Å²) in [6.45, 7) is 2.09. The van der Waals surface area contributed by atoms with Crippen LogP contribution in [0.5, 0.6) is 0 Å². The summed E-state index contributed by atoms with van der Waals surface area (Å²) in [5, 5.41) is 2.07. The van der Waals surface area contributed by atoms with Crippen LogP contribution in [0.15, 0.2) is 28.4 Å². The second-order valence-corrected chi connectivity index (χ2v) is 4.55. The molecule has 2 heterocycles. The third kappa shape index (κ3) is 1.78. The van der Waals surface area contributed by atoms with Crippen LogP contribution in [0.3, 0.4) is 0 Å². The number of nitrogens with zero attached hydrogens (tertiary/aromatic N) is 2. The van der Waals surface area contributed by atoms with Crippen molar-refractivity contribution in [3.63, 3.8) is 0 Å². The maximum atomic E-state index is 4.21. The van der Waals surface area contributed by atoms with Crippen molar-refractivity contribution in [3.05, 3.63) is 33.3 Å². The fraction of sp³-hybridized carbons (Fsp3) is 0.111. The standard InChI is InChI=1S/C9H7BrN2S/c1-6-7(2-3-13-6)8-4-9(10)12-5-11-8/h2-5H,1H3. The van der Waals surface area contributed by atoms with Crippen molar-refractivity contribution in [2.75, 3.05) is 0 Å². The van der Waals surface area contributed by atoms with Crippen molar-refractivity contribution in [2.45, 2.75) is 6.92 Å². The molecule has 0 bridgehead atoms. The molecule has 4 heteroatoms. The largest absolute Gasteiger partial charge is 0.236 e. The van der Waals surface area contributed by atoms with E-state index in [4.69, 9.17) is 0 Å². The van der Waals surface area contributed by atoms with Gasteiger partial charge in [-0.05, 0) is 40.4 Å². The van der Waals surface area contributed by atoms with Crippen LogP contribution in [0.2, 0.25) is 0 Å². The van der Waals surface area contributed by atoms with Crippen molar-refractivity contribution in [2.24, 2.45) is 0 Å². The number of aromatic nitrogens is 2. The monoisotopic (exact) mass is 254 g/mol. The zero-order chi connectivity index (χ0) is 9.26. The lowest BCUT2D eigenvalue weighted by atomic mass is 10.2. The molecule has 0 saturated carbocycles. The van der Waals surface area contributed by atoms with Crippen LogP contribution in [0.25, 0.3) is 11.3 Å². The van der Waals surface area contributed by atoms with Crippen LogP contribution in [0.1, 0.15) is 4.88 Å². The minimum absolute atomic E-state index is 0.822. The topological polar surface area (TPSA) is 25.8 Å². The molecular weight excluding hydrogens is 248 g/mol. The lowest BCUT2D eigenvalue weighted by molar-refractivity contribution is 1.14. The van der Waals surface area contributed by atoms with E-state index in [9.17, 15) is 0 Å². The molecule has 0 saturated heterocycles. The molecular formula is C9H7BrN2S. The van der Waals surface area contributed by atoms with Gasteiger partial charge in [0, 0.05) is 10.4 Å². The van der Waals surface area contributed by atoms with Gasteiger partial charge in [0.25, 0.3) is 0 Å². The third-order valence-electron chi connectivity index (χ3n) is 1.77. The van der Waals surface area contributed by atoms with Gasteiger partial charge >= 0.3 is 0 Å². The first-order chi connectivity index (χ1) is 6.27. The molecule has 0 amide bonds. The molecule has 0 aromatic carbocycles. The number of hydrogen-bond acceptors (Lipinski definition) is 3. The van der Waals surface area contributed by atoms with E-state index in [-0.39, 0.29) is 0 Å². The van der Waals surface area contributed by atoms with Crippen LogP contribution in [-0.4, -0.2) is 9.97 Å². The minimum Gasteiger partial charge on any atom is -0.236 e. The number of thiophene rings is 1. The summed E-state index contributed by atoms with van der Waals surface area (Å²) in [5.74, 6) is 0. The minimum atomic E-state index is 0.822. The van der Waals surface area contributed by atoms with Gasteiger partial charge in [-0.25, -0.2) is 9.97 Å². The maximum Gasteiger partial charge on any atom is 0.117 e. The Morgan fingerprint density at radius 1 is 1.38 bits per heavy atom. The highest BCUT2D eigenvalue weighted by molar-refractivity contribution is 9.10. The molecule has 0 atom stereocenters. The van der Waals surface area contributed by atoms with Gasteiger partial charge in [-0.1, -0.05) is 0 Å². The number of halogens is 1. The molecule has 0 radical (unpaired) electrons. The molecule has 2 aromatic heterocycles. The Labute approximate surface area is 88.8 Å². The van der Waals surface area contributed by atoms with Crippen molar-refractivity contribution >= 4 is 27.3 Å². The first-order valence-corrected chi connectivity index (χ1v) is 5.46. The first kappa shape index (κ1) is 8.84.